The van der Waals surface area contributed by atoms with Gasteiger partial charge in [0.05, 0.1) is 6.61 Å². The Labute approximate surface area is 154 Å². The number of amides is 1. The van der Waals surface area contributed by atoms with Crippen LogP contribution in [0.15, 0.2) is 54.6 Å². The van der Waals surface area contributed by atoms with E-state index in [1.807, 2.05) is 54.6 Å². The summed E-state index contributed by atoms with van der Waals surface area (Å²) in [7, 11) is 0. The van der Waals surface area contributed by atoms with Crippen LogP contribution in [0, 0.1) is 5.92 Å². The van der Waals surface area contributed by atoms with E-state index in [0.717, 1.165) is 36.3 Å². The number of carboxylic acid groups (broad SMARTS) is 1. The SMILES string of the molecule is O=C(O)N1CCC(CCOc2ccc(OCc3ccccc3)cc2)CC1. The summed E-state index contributed by atoms with van der Waals surface area (Å²) in [5.41, 5.74) is 1.14. The normalized spacial score (nSPS) is 14.8. The topological polar surface area (TPSA) is 59.0 Å². The molecule has 1 amide bonds. The Bertz CT molecular complexity index is 679. The van der Waals surface area contributed by atoms with E-state index in [4.69, 9.17) is 14.6 Å². The summed E-state index contributed by atoms with van der Waals surface area (Å²) in [6.07, 6.45) is 1.98. The lowest BCUT2D eigenvalue weighted by atomic mass is 9.94. The number of hydrogen-bond donors (Lipinski definition) is 1. The first kappa shape index (κ1) is 18.1. The number of likely N-dealkylation sites (tertiary alicyclic amines) is 1. The minimum atomic E-state index is -0.811. The van der Waals surface area contributed by atoms with Crippen LogP contribution >= 0.6 is 0 Å². The van der Waals surface area contributed by atoms with Crippen molar-refractivity contribution in [2.45, 2.75) is 25.9 Å². The zero-order valence-corrected chi connectivity index (χ0v) is 14.8. The molecule has 0 saturated carbocycles. The van der Waals surface area contributed by atoms with Crippen molar-refractivity contribution in [3.63, 3.8) is 0 Å². The molecule has 0 unspecified atom stereocenters. The molecule has 26 heavy (non-hydrogen) atoms. The van der Waals surface area contributed by atoms with Gasteiger partial charge in [0.25, 0.3) is 0 Å². The summed E-state index contributed by atoms with van der Waals surface area (Å²) < 4.78 is 11.6. The molecule has 1 aliphatic heterocycles. The van der Waals surface area contributed by atoms with Crippen molar-refractivity contribution < 1.29 is 19.4 Å². The van der Waals surface area contributed by atoms with E-state index in [-0.39, 0.29) is 0 Å². The van der Waals surface area contributed by atoms with Crippen LogP contribution in [0.4, 0.5) is 4.79 Å². The fourth-order valence-corrected chi connectivity index (χ4v) is 3.13. The van der Waals surface area contributed by atoms with E-state index in [1.165, 1.54) is 4.90 Å². The van der Waals surface area contributed by atoms with E-state index in [1.54, 1.807) is 0 Å². The van der Waals surface area contributed by atoms with E-state index in [0.29, 0.717) is 32.2 Å². The highest BCUT2D eigenvalue weighted by Gasteiger charge is 2.21. The first-order chi connectivity index (χ1) is 12.7. The van der Waals surface area contributed by atoms with Crippen LogP contribution in [0.5, 0.6) is 11.5 Å². The lowest BCUT2D eigenvalue weighted by Gasteiger charge is -2.29. The number of carbonyl (C=O) groups is 1. The zero-order chi connectivity index (χ0) is 18.2. The molecule has 1 saturated heterocycles. The van der Waals surface area contributed by atoms with Crippen LogP contribution in [-0.4, -0.2) is 35.8 Å². The first-order valence-electron chi connectivity index (χ1n) is 9.08. The van der Waals surface area contributed by atoms with Crippen LogP contribution in [0.3, 0.4) is 0 Å². The van der Waals surface area contributed by atoms with Gasteiger partial charge in [-0.2, -0.15) is 0 Å². The Kier molecular flexibility index (Phi) is 6.36. The van der Waals surface area contributed by atoms with Crippen LogP contribution in [0.25, 0.3) is 0 Å². The Balaban J connectivity index is 1.36. The van der Waals surface area contributed by atoms with E-state index in [9.17, 15) is 4.79 Å². The van der Waals surface area contributed by atoms with Gasteiger partial charge in [-0.15, -0.1) is 0 Å². The van der Waals surface area contributed by atoms with Gasteiger partial charge in [0.2, 0.25) is 0 Å². The van der Waals surface area contributed by atoms with Gasteiger partial charge in [0.1, 0.15) is 18.1 Å². The van der Waals surface area contributed by atoms with Crippen molar-refractivity contribution in [3.8, 4) is 11.5 Å². The molecule has 2 aromatic rings. The standard InChI is InChI=1S/C21H25NO4/c23-21(24)22-13-10-17(11-14-22)12-15-25-19-6-8-20(9-7-19)26-16-18-4-2-1-3-5-18/h1-9,17H,10-16H2,(H,23,24). The molecular formula is C21H25NO4. The third-order valence-corrected chi connectivity index (χ3v) is 4.75. The molecule has 0 bridgehead atoms. The van der Waals surface area contributed by atoms with Gasteiger partial charge in [0.15, 0.2) is 0 Å². The summed E-state index contributed by atoms with van der Waals surface area (Å²) in [5, 5.41) is 8.97. The molecule has 5 heteroatoms. The van der Waals surface area contributed by atoms with E-state index >= 15 is 0 Å². The predicted octanol–water partition coefficient (Wildman–Crippen LogP) is 4.42. The number of ether oxygens (including phenoxy) is 2. The highest BCUT2D eigenvalue weighted by molar-refractivity contribution is 5.64. The van der Waals surface area contributed by atoms with E-state index < -0.39 is 6.09 Å². The van der Waals surface area contributed by atoms with Gasteiger partial charge >= 0.3 is 6.09 Å². The second kappa shape index (κ2) is 9.13. The number of benzene rings is 2. The summed E-state index contributed by atoms with van der Waals surface area (Å²) in [5.74, 6) is 2.20. The quantitative estimate of drug-likeness (QED) is 0.798. The summed E-state index contributed by atoms with van der Waals surface area (Å²) in [6, 6.07) is 17.8. The molecule has 5 nitrogen and oxygen atoms in total. The Morgan fingerprint density at radius 1 is 0.962 bits per heavy atom. The number of nitrogens with zero attached hydrogens (tertiary/aromatic N) is 1. The fourth-order valence-electron chi connectivity index (χ4n) is 3.13. The van der Waals surface area contributed by atoms with Crippen molar-refractivity contribution in [1.29, 1.82) is 0 Å². The maximum absolute atomic E-state index is 10.9. The summed E-state index contributed by atoms with van der Waals surface area (Å²) >= 11 is 0. The second-order valence-electron chi connectivity index (χ2n) is 6.60. The van der Waals surface area contributed by atoms with Crippen LogP contribution in [-0.2, 0) is 6.61 Å². The molecule has 0 radical (unpaired) electrons. The Morgan fingerprint density at radius 3 is 2.19 bits per heavy atom. The molecule has 1 N–H and O–H groups in total. The molecule has 0 spiro atoms. The van der Waals surface area contributed by atoms with Crippen LogP contribution in [0.2, 0.25) is 0 Å². The molecule has 138 valence electrons. The van der Waals surface area contributed by atoms with Gasteiger partial charge in [-0.05, 0) is 55.0 Å². The van der Waals surface area contributed by atoms with Gasteiger partial charge < -0.3 is 19.5 Å². The smallest absolute Gasteiger partial charge is 0.407 e. The summed E-state index contributed by atoms with van der Waals surface area (Å²) in [6.45, 7) is 2.47. The molecule has 1 heterocycles. The Morgan fingerprint density at radius 2 is 1.58 bits per heavy atom. The van der Waals surface area contributed by atoms with Gasteiger partial charge in [-0.25, -0.2) is 4.79 Å². The zero-order valence-electron chi connectivity index (χ0n) is 14.8. The second-order valence-corrected chi connectivity index (χ2v) is 6.60. The lowest BCUT2D eigenvalue weighted by Crippen LogP contribution is -2.37. The average molecular weight is 355 g/mol. The van der Waals surface area contributed by atoms with E-state index in [2.05, 4.69) is 0 Å². The predicted molar refractivity (Wildman–Crippen MR) is 99.6 cm³/mol. The number of rotatable bonds is 7. The van der Waals surface area contributed by atoms with Crippen molar-refractivity contribution in [2.24, 2.45) is 5.92 Å². The molecule has 0 atom stereocenters. The minimum Gasteiger partial charge on any atom is -0.494 e. The maximum atomic E-state index is 10.9. The first-order valence-corrected chi connectivity index (χ1v) is 9.08. The fraction of sp³-hybridized carbons (Fsp3) is 0.381. The average Bonchev–Trinajstić information content (AvgIpc) is 2.68. The maximum Gasteiger partial charge on any atom is 0.407 e. The molecule has 1 fully saturated rings. The lowest BCUT2D eigenvalue weighted by molar-refractivity contribution is 0.119. The highest BCUT2D eigenvalue weighted by atomic mass is 16.5. The monoisotopic (exact) mass is 355 g/mol. The molecule has 1 aliphatic rings. The van der Waals surface area contributed by atoms with Gasteiger partial charge in [-0.1, -0.05) is 30.3 Å². The third kappa shape index (κ3) is 5.41. The molecule has 0 aromatic heterocycles. The van der Waals surface area contributed by atoms with Crippen LogP contribution < -0.4 is 9.47 Å². The molecule has 3 rings (SSSR count). The van der Waals surface area contributed by atoms with Crippen molar-refractivity contribution in [3.05, 3.63) is 60.2 Å². The number of hydrogen-bond acceptors (Lipinski definition) is 3. The minimum absolute atomic E-state index is 0.541. The largest absolute Gasteiger partial charge is 0.494 e. The molecular weight excluding hydrogens is 330 g/mol. The van der Waals surface area contributed by atoms with Crippen molar-refractivity contribution in [2.75, 3.05) is 19.7 Å². The Hall–Kier alpha value is -2.69. The highest BCUT2D eigenvalue weighted by Crippen LogP contribution is 2.22. The van der Waals surface area contributed by atoms with Crippen molar-refractivity contribution >= 4 is 6.09 Å². The number of piperidine rings is 1. The third-order valence-electron chi connectivity index (χ3n) is 4.75. The summed E-state index contributed by atoms with van der Waals surface area (Å²) in [4.78, 5) is 12.4. The van der Waals surface area contributed by atoms with Gasteiger partial charge in [-0.3, -0.25) is 0 Å². The molecule has 2 aromatic carbocycles. The van der Waals surface area contributed by atoms with Crippen molar-refractivity contribution in [1.82, 2.24) is 4.90 Å². The van der Waals surface area contributed by atoms with Crippen LogP contribution in [0.1, 0.15) is 24.8 Å². The molecule has 0 aliphatic carbocycles. The van der Waals surface area contributed by atoms with Gasteiger partial charge in [0, 0.05) is 13.1 Å².